The highest BCUT2D eigenvalue weighted by molar-refractivity contribution is 8.00. The summed E-state index contributed by atoms with van der Waals surface area (Å²) < 4.78 is 16.6. The Bertz CT molecular complexity index is 1490. The van der Waals surface area contributed by atoms with E-state index in [1.54, 1.807) is 5.38 Å². The second-order valence-electron chi connectivity index (χ2n) is 9.35. The molecule has 0 bridgehead atoms. The number of fused-ring (bicyclic) bond motifs is 1. The molecule has 5 rings (SSSR count). The molecular formula is C28H27N5O7S2. The lowest BCUT2D eigenvalue weighted by Gasteiger charge is -2.56. The number of primary amides is 1. The van der Waals surface area contributed by atoms with Crippen LogP contribution in [0.15, 0.2) is 77.3 Å². The molecule has 1 fully saturated rings. The highest BCUT2D eigenvalue weighted by Crippen LogP contribution is 2.47. The van der Waals surface area contributed by atoms with Gasteiger partial charge < -0.3 is 31.0 Å². The van der Waals surface area contributed by atoms with E-state index in [0.717, 1.165) is 0 Å². The highest BCUT2D eigenvalue weighted by Gasteiger charge is 2.66. The number of nitrogens with one attached hydrogen (secondary N) is 1. The van der Waals surface area contributed by atoms with Crippen molar-refractivity contribution in [3.05, 3.63) is 94.1 Å². The summed E-state index contributed by atoms with van der Waals surface area (Å²) in [5.74, 6) is -1.85. The van der Waals surface area contributed by atoms with Gasteiger partial charge in [-0.15, -0.1) is 23.1 Å². The summed E-state index contributed by atoms with van der Waals surface area (Å²) in [6.07, 6.45) is -1.96. The van der Waals surface area contributed by atoms with Crippen LogP contribution in [0, 0.1) is 0 Å². The molecule has 14 heteroatoms. The molecule has 218 valence electrons. The first kappa shape index (κ1) is 29.1. The van der Waals surface area contributed by atoms with E-state index in [1.807, 2.05) is 60.7 Å². The number of nitrogen functional groups attached to an aromatic ring is 1. The molecule has 0 unspecified atom stereocenters. The summed E-state index contributed by atoms with van der Waals surface area (Å²) in [4.78, 5) is 57.2. The number of hydrogen-bond donors (Lipinski definition) is 3. The van der Waals surface area contributed by atoms with Gasteiger partial charge >= 0.3 is 12.1 Å². The Morgan fingerprint density at radius 3 is 2.31 bits per heavy atom. The van der Waals surface area contributed by atoms with Crippen molar-refractivity contribution in [2.75, 3.05) is 25.2 Å². The number of thioether (sulfide) groups is 1. The van der Waals surface area contributed by atoms with Crippen molar-refractivity contribution in [1.29, 1.82) is 0 Å². The van der Waals surface area contributed by atoms with Gasteiger partial charge in [-0.2, -0.15) is 0 Å². The van der Waals surface area contributed by atoms with Crippen LogP contribution >= 0.6 is 23.1 Å². The Labute approximate surface area is 249 Å². The minimum absolute atomic E-state index is 0.101. The van der Waals surface area contributed by atoms with E-state index < -0.39 is 41.1 Å². The quantitative estimate of drug-likeness (QED) is 0.176. The number of ether oxygens (including phenoxy) is 3. The zero-order chi connectivity index (χ0) is 29.9. The normalized spacial score (nSPS) is 19.6. The van der Waals surface area contributed by atoms with E-state index in [4.69, 9.17) is 25.7 Å². The van der Waals surface area contributed by atoms with Gasteiger partial charge in [0.25, 0.3) is 11.6 Å². The number of benzene rings is 2. The Morgan fingerprint density at radius 2 is 1.76 bits per heavy atom. The predicted octanol–water partition coefficient (Wildman–Crippen LogP) is 2.32. The maximum Gasteiger partial charge on any atom is 0.404 e. The molecule has 0 saturated carbocycles. The molecule has 2 aromatic carbocycles. The number of thiazole rings is 1. The molecule has 0 spiro atoms. The van der Waals surface area contributed by atoms with Gasteiger partial charge in [0.05, 0.1) is 12.1 Å². The molecular weight excluding hydrogens is 582 g/mol. The first-order valence-corrected chi connectivity index (χ1v) is 14.6. The van der Waals surface area contributed by atoms with Crippen LogP contribution in [0.1, 0.15) is 22.9 Å². The molecule has 2 atom stereocenters. The number of carbonyl (C=O) groups excluding carboxylic acids is 4. The Morgan fingerprint density at radius 1 is 1.12 bits per heavy atom. The van der Waals surface area contributed by atoms with Crippen molar-refractivity contribution in [3.8, 4) is 0 Å². The summed E-state index contributed by atoms with van der Waals surface area (Å²) in [6.45, 7) is -0.331. The Balaban J connectivity index is 1.44. The molecule has 1 aromatic heterocycles. The molecule has 2 aliphatic heterocycles. The van der Waals surface area contributed by atoms with Gasteiger partial charge in [-0.1, -0.05) is 60.7 Å². The van der Waals surface area contributed by atoms with E-state index in [9.17, 15) is 19.2 Å². The van der Waals surface area contributed by atoms with Gasteiger partial charge in [0.2, 0.25) is 5.91 Å². The minimum Gasteiger partial charge on any atom is -0.448 e. The van der Waals surface area contributed by atoms with Crippen molar-refractivity contribution in [3.63, 3.8) is 0 Å². The van der Waals surface area contributed by atoms with E-state index in [0.29, 0.717) is 27.5 Å². The van der Waals surface area contributed by atoms with Crippen molar-refractivity contribution in [2.24, 2.45) is 5.73 Å². The monoisotopic (exact) mass is 609 g/mol. The number of β-lactam (4-membered cyclic amide) rings is 1. The van der Waals surface area contributed by atoms with E-state index in [2.05, 4.69) is 10.3 Å². The molecule has 3 heterocycles. The number of methoxy groups -OCH3 is 1. The largest absolute Gasteiger partial charge is 0.448 e. The number of carbonyl (C=O) groups is 4. The number of rotatable bonds is 10. The van der Waals surface area contributed by atoms with Crippen LogP contribution in [0.25, 0.3) is 0 Å². The first-order valence-electron chi connectivity index (χ1n) is 12.7. The van der Waals surface area contributed by atoms with Gasteiger partial charge in [0.15, 0.2) is 11.2 Å². The van der Waals surface area contributed by atoms with Crippen LogP contribution < -0.4 is 16.8 Å². The van der Waals surface area contributed by atoms with Crippen molar-refractivity contribution in [2.45, 2.75) is 23.6 Å². The number of hydrogen-bond acceptors (Lipinski definition) is 11. The summed E-state index contributed by atoms with van der Waals surface area (Å²) in [7, 11) is 1.30. The second kappa shape index (κ2) is 12.2. The fourth-order valence-corrected chi connectivity index (χ4v) is 6.75. The van der Waals surface area contributed by atoms with Crippen molar-refractivity contribution < 1.29 is 33.4 Å². The van der Waals surface area contributed by atoms with Crippen LogP contribution in [0.5, 0.6) is 0 Å². The summed E-state index contributed by atoms with van der Waals surface area (Å²) in [5.41, 5.74) is 11.2. The molecule has 1 saturated heterocycles. The third kappa shape index (κ3) is 5.68. The van der Waals surface area contributed by atoms with Crippen molar-refractivity contribution >= 4 is 52.1 Å². The van der Waals surface area contributed by atoms with E-state index >= 15 is 0 Å². The third-order valence-electron chi connectivity index (χ3n) is 6.68. The molecule has 3 amide bonds. The zero-order valence-corrected chi connectivity index (χ0v) is 24.0. The van der Waals surface area contributed by atoms with Gasteiger partial charge in [-0.3, -0.25) is 14.5 Å². The number of nitrogens with zero attached hydrogens (tertiary/aromatic N) is 2. The number of aromatic nitrogens is 1. The van der Waals surface area contributed by atoms with Crippen LogP contribution in [-0.2, 0) is 35.0 Å². The van der Waals surface area contributed by atoms with Crippen LogP contribution in [-0.4, -0.2) is 64.3 Å². The summed E-state index contributed by atoms with van der Waals surface area (Å²) in [5, 5.41) is 3.83. The molecule has 5 N–H and O–H groups in total. The Kier molecular flexibility index (Phi) is 8.47. The van der Waals surface area contributed by atoms with E-state index in [1.165, 1.54) is 35.1 Å². The number of nitrogens with two attached hydrogens (primary N) is 2. The smallest absolute Gasteiger partial charge is 0.404 e. The van der Waals surface area contributed by atoms with Crippen LogP contribution in [0.2, 0.25) is 0 Å². The maximum absolute atomic E-state index is 13.9. The molecule has 0 radical (unpaired) electrons. The lowest BCUT2D eigenvalue weighted by molar-refractivity contribution is -0.193. The number of anilines is 1. The first-order chi connectivity index (χ1) is 20.2. The topological polar surface area (TPSA) is 176 Å². The van der Waals surface area contributed by atoms with Gasteiger partial charge in [-0.25, -0.2) is 14.6 Å². The third-order valence-corrected chi connectivity index (χ3v) is 8.78. The fourth-order valence-electron chi connectivity index (χ4n) is 4.77. The molecule has 42 heavy (non-hydrogen) atoms. The predicted molar refractivity (Wildman–Crippen MR) is 155 cm³/mol. The average molecular weight is 610 g/mol. The molecule has 12 nitrogen and oxygen atoms in total. The van der Waals surface area contributed by atoms with Gasteiger partial charge in [0.1, 0.15) is 17.7 Å². The highest BCUT2D eigenvalue weighted by atomic mass is 32.2. The lowest BCUT2D eigenvalue weighted by Crippen LogP contribution is -2.80. The summed E-state index contributed by atoms with van der Waals surface area (Å²) >= 11 is 2.42. The van der Waals surface area contributed by atoms with Crippen molar-refractivity contribution in [1.82, 2.24) is 15.2 Å². The SMILES string of the molecule is CO[C@@]1(NC(=O)Cc2csc(N)n2)C(=O)N2C(C(=O)OC(c3ccccc3)c3ccccc3)=C(COC(N)=O)CS[C@@H]21. The second-order valence-corrected chi connectivity index (χ2v) is 11.3. The number of esters is 1. The number of amides is 3. The standard InChI is InChI=1S/C28H27N5O7S2/c1-38-28(32-20(34)12-19-15-42-26(29)31-19)24(36)33-21(18(13-39-27(30)37)14-41-25(28)33)23(35)40-22(16-8-4-2-5-9-16)17-10-6-3-7-11-17/h2-11,15,22,25H,12-14H2,1H3,(H2,29,31)(H2,30,37)(H,32,34)/t25-,28+/m1/s1. The van der Waals surface area contributed by atoms with E-state index in [-0.39, 0.29) is 24.5 Å². The lowest BCUT2D eigenvalue weighted by atomic mass is 9.97. The molecule has 0 aliphatic carbocycles. The maximum atomic E-state index is 13.9. The molecule has 2 aliphatic rings. The van der Waals surface area contributed by atoms with Crippen LogP contribution in [0.3, 0.4) is 0 Å². The Hall–Kier alpha value is -4.40. The fraction of sp³-hybridized carbons (Fsp3) is 0.250. The minimum atomic E-state index is -1.75. The van der Waals surface area contributed by atoms with Gasteiger partial charge in [-0.05, 0) is 11.1 Å². The summed E-state index contributed by atoms with van der Waals surface area (Å²) in [6, 6.07) is 18.3. The zero-order valence-electron chi connectivity index (χ0n) is 22.4. The average Bonchev–Trinajstić information content (AvgIpc) is 3.41. The van der Waals surface area contributed by atoms with Crippen LogP contribution in [0.4, 0.5) is 9.93 Å². The molecule has 3 aromatic rings. The van der Waals surface area contributed by atoms with Gasteiger partial charge in [0, 0.05) is 23.8 Å².